The standard InChI is InChI=1S/C8H12N2O4/c1-5(12)10-3-6(2-9)8(14)7(13)4-11/h4,6-8,13-14H,3H2,1H3,(H,10,12)/t6-,7?,8?/m1/s1. The highest BCUT2D eigenvalue weighted by Gasteiger charge is 2.25. The maximum Gasteiger partial charge on any atom is 0.216 e. The summed E-state index contributed by atoms with van der Waals surface area (Å²) in [4.78, 5) is 20.6. The number of nitriles is 1. The van der Waals surface area contributed by atoms with E-state index in [1.54, 1.807) is 6.07 Å². The van der Waals surface area contributed by atoms with Crippen LogP contribution in [-0.2, 0) is 9.59 Å². The first kappa shape index (κ1) is 12.6. The van der Waals surface area contributed by atoms with Gasteiger partial charge in [-0.25, -0.2) is 0 Å². The van der Waals surface area contributed by atoms with Crippen molar-refractivity contribution in [3.05, 3.63) is 0 Å². The third-order valence-corrected chi connectivity index (χ3v) is 1.64. The lowest BCUT2D eigenvalue weighted by Gasteiger charge is -2.18. The van der Waals surface area contributed by atoms with Gasteiger partial charge in [-0.3, -0.25) is 4.79 Å². The molecule has 78 valence electrons. The Bertz CT molecular complexity index is 248. The van der Waals surface area contributed by atoms with Gasteiger partial charge < -0.3 is 20.3 Å². The summed E-state index contributed by atoms with van der Waals surface area (Å²) >= 11 is 0. The molecule has 0 saturated carbocycles. The number of aliphatic hydroxyl groups is 2. The van der Waals surface area contributed by atoms with Crippen LogP contribution in [0.4, 0.5) is 0 Å². The van der Waals surface area contributed by atoms with E-state index in [0.717, 1.165) is 0 Å². The highest BCUT2D eigenvalue weighted by atomic mass is 16.3. The predicted molar refractivity (Wildman–Crippen MR) is 45.9 cm³/mol. The number of hydrogen-bond acceptors (Lipinski definition) is 5. The third-order valence-electron chi connectivity index (χ3n) is 1.64. The van der Waals surface area contributed by atoms with E-state index in [1.807, 2.05) is 0 Å². The summed E-state index contributed by atoms with van der Waals surface area (Å²) in [6, 6.07) is 1.69. The van der Waals surface area contributed by atoms with E-state index >= 15 is 0 Å². The van der Waals surface area contributed by atoms with Crippen molar-refractivity contribution >= 4 is 12.2 Å². The average molecular weight is 200 g/mol. The van der Waals surface area contributed by atoms with Crippen LogP contribution in [0.3, 0.4) is 0 Å². The lowest BCUT2D eigenvalue weighted by molar-refractivity contribution is -0.121. The maximum atomic E-state index is 10.5. The quantitative estimate of drug-likeness (QED) is 0.453. The van der Waals surface area contributed by atoms with Gasteiger partial charge in [0.25, 0.3) is 0 Å². The topological polar surface area (TPSA) is 110 Å². The number of amides is 1. The van der Waals surface area contributed by atoms with Gasteiger partial charge in [0.1, 0.15) is 12.2 Å². The number of aliphatic hydroxyl groups excluding tert-OH is 2. The Morgan fingerprint density at radius 2 is 2.21 bits per heavy atom. The molecule has 2 unspecified atom stereocenters. The van der Waals surface area contributed by atoms with Crippen molar-refractivity contribution < 1.29 is 19.8 Å². The van der Waals surface area contributed by atoms with Crippen molar-refractivity contribution in [2.24, 2.45) is 5.92 Å². The van der Waals surface area contributed by atoms with Gasteiger partial charge >= 0.3 is 0 Å². The van der Waals surface area contributed by atoms with E-state index in [1.165, 1.54) is 6.92 Å². The van der Waals surface area contributed by atoms with E-state index < -0.39 is 18.1 Å². The predicted octanol–water partition coefficient (Wildman–Crippen LogP) is -1.82. The third kappa shape index (κ3) is 3.98. The zero-order valence-electron chi connectivity index (χ0n) is 7.67. The number of nitrogens with zero attached hydrogens (tertiary/aromatic N) is 1. The van der Waals surface area contributed by atoms with E-state index in [-0.39, 0.29) is 18.7 Å². The number of nitrogens with one attached hydrogen (secondary N) is 1. The first-order chi connectivity index (χ1) is 6.52. The molecule has 6 nitrogen and oxygen atoms in total. The Labute approximate surface area is 81.1 Å². The van der Waals surface area contributed by atoms with Gasteiger partial charge in [-0.05, 0) is 0 Å². The molecule has 0 radical (unpaired) electrons. The van der Waals surface area contributed by atoms with Crippen molar-refractivity contribution in [3.63, 3.8) is 0 Å². The van der Waals surface area contributed by atoms with Gasteiger partial charge in [-0.15, -0.1) is 0 Å². The molecule has 0 spiro atoms. The smallest absolute Gasteiger partial charge is 0.216 e. The molecule has 1 amide bonds. The second kappa shape index (κ2) is 6.07. The van der Waals surface area contributed by atoms with Crippen LogP contribution in [0.1, 0.15) is 6.92 Å². The monoisotopic (exact) mass is 200 g/mol. The number of rotatable bonds is 5. The molecule has 0 aliphatic carbocycles. The van der Waals surface area contributed by atoms with Gasteiger partial charge in [0.05, 0.1) is 12.0 Å². The van der Waals surface area contributed by atoms with E-state index in [2.05, 4.69) is 5.32 Å². The van der Waals surface area contributed by atoms with Crippen molar-refractivity contribution in [2.75, 3.05) is 6.54 Å². The van der Waals surface area contributed by atoms with Gasteiger partial charge in [0, 0.05) is 13.5 Å². The lowest BCUT2D eigenvalue weighted by atomic mass is 10.00. The first-order valence-corrected chi connectivity index (χ1v) is 3.98. The summed E-state index contributed by atoms with van der Waals surface area (Å²) in [5, 5.41) is 29.0. The van der Waals surface area contributed by atoms with Crippen LogP contribution < -0.4 is 5.32 Å². The molecule has 3 N–H and O–H groups in total. The van der Waals surface area contributed by atoms with Crippen LogP contribution in [0.15, 0.2) is 0 Å². The van der Waals surface area contributed by atoms with Crippen molar-refractivity contribution in [1.29, 1.82) is 5.26 Å². The van der Waals surface area contributed by atoms with E-state index in [4.69, 9.17) is 10.4 Å². The van der Waals surface area contributed by atoms with Crippen molar-refractivity contribution in [1.82, 2.24) is 5.32 Å². The second-order valence-electron chi connectivity index (χ2n) is 2.79. The Morgan fingerprint density at radius 3 is 2.57 bits per heavy atom. The highest BCUT2D eigenvalue weighted by Crippen LogP contribution is 2.04. The Hall–Kier alpha value is -1.45. The molecule has 0 aromatic rings. The highest BCUT2D eigenvalue weighted by molar-refractivity contribution is 5.72. The van der Waals surface area contributed by atoms with E-state index in [9.17, 15) is 14.7 Å². The number of carbonyl (C=O) groups excluding carboxylic acids is 2. The molecule has 3 atom stereocenters. The average Bonchev–Trinajstić information content (AvgIpc) is 2.16. The fourth-order valence-electron chi connectivity index (χ4n) is 0.815. The van der Waals surface area contributed by atoms with Gasteiger partial charge in [-0.1, -0.05) is 0 Å². The summed E-state index contributed by atoms with van der Waals surface area (Å²) in [5.74, 6) is -1.35. The summed E-state index contributed by atoms with van der Waals surface area (Å²) < 4.78 is 0. The van der Waals surface area contributed by atoms with Crippen LogP contribution >= 0.6 is 0 Å². The van der Waals surface area contributed by atoms with Gasteiger partial charge in [0.2, 0.25) is 5.91 Å². The Morgan fingerprint density at radius 1 is 1.64 bits per heavy atom. The van der Waals surface area contributed by atoms with Crippen molar-refractivity contribution in [2.45, 2.75) is 19.1 Å². The Balaban J connectivity index is 4.20. The fourth-order valence-corrected chi connectivity index (χ4v) is 0.815. The number of carbonyl (C=O) groups is 2. The van der Waals surface area contributed by atoms with Crippen LogP contribution in [0.5, 0.6) is 0 Å². The molecule has 0 aliphatic heterocycles. The minimum Gasteiger partial charge on any atom is -0.389 e. The molecule has 0 aromatic heterocycles. The fraction of sp³-hybridized carbons (Fsp3) is 0.625. The summed E-state index contributed by atoms with van der Waals surface area (Å²) in [7, 11) is 0. The largest absolute Gasteiger partial charge is 0.389 e. The second-order valence-corrected chi connectivity index (χ2v) is 2.79. The van der Waals surface area contributed by atoms with Crippen LogP contribution in [0.25, 0.3) is 0 Å². The molecular formula is C8H12N2O4. The molecular weight excluding hydrogens is 188 g/mol. The first-order valence-electron chi connectivity index (χ1n) is 3.98. The summed E-state index contributed by atoms with van der Waals surface area (Å²) in [6.45, 7) is 1.16. The minimum atomic E-state index is -1.60. The van der Waals surface area contributed by atoms with Gasteiger partial charge in [-0.2, -0.15) is 5.26 Å². The van der Waals surface area contributed by atoms with Crippen LogP contribution in [-0.4, -0.2) is 41.2 Å². The van der Waals surface area contributed by atoms with E-state index in [0.29, 0.717) is 0 Å². The maximum absolute atomic E-state index is 10.5. The molecule has 0 rings (SSSR count). The molecule has 14 heavy (non-hydrogen) atoms. The molecule has 0 bridgehead atoms. The molecule has 0 heterocycles. The number of hydrogen-bond donors (Lipinski definition) is 3. The molecule has 6 heteroatoms. The Kier molecular flexibility index (Phi) is 5.44. The zero-order chi connectivity index (χ0) is 11.1. The van der Waals surface area contributed by atoms with Crippen LogP contribution in [0, 0.1) is 17.2 Å². The minimum absolute atomic E-state index is 0.0993. The van der Waals surface area contributed by atoms with Gasteiger partial charge in [0.15, 0.2) is 6.29 Å². The number of aldehydes is 1. The molecule has 0 aliphatic rings. The van der Waals surface area contributed by atoms with Crippen molar-refractivity contribution in [3.8, 4) is 6.07 Å². The lowest BCUT2D eigenvalue weighted by Crippen LogP contribution is -2.40. The summed E-state index contributed by atoms with van der Waals surface area (Å²) in [6.07, 6.45) is -2.94. The molecule has 0 fully saturated rings. The molecule has 0 saturated heterocycles. The SMILES string of the molecule is CC(=O)NC[C@@H](C#N)C(O)C(O)C=O. The van der Waals surface area contributed by atoms with Crippen LogP contribution in [0.2, 0.25) is 0 Å². The molecule has 0 aromatic carbocycles. The summed E-state index contributed by atoms with van der Waals surface area (Å²) in [5.41, 5.74) is 0. The zero-order valence-corrected chi connectivity index (χ0v) is 7.67. The normalized spacial score (nSPS) is 16.1.